The molecule has 7 nitrogen and oxygen atoms in total. The SMILES string of the molecule is COc1ccc(/C=C/C(=O)Nc2nc3nccc(-c4ccccc4)n3n2)cc1. The van der Waals surface area contributed by atoms with Gasteiger partial charge in [0.15, 0.2) is 0 Å². The molecule has 0 fully saturated rings. The molecule has 1 amide bonds. The van der Waals surface area contributed by atoms with Crippen LogP contribution in [0.4, 0.5) is 5.95 Å². The molecule has 0 bridgehead atoms. The van der Waals surface area contributed by atoms with Gasteiger partial charge in [-0.1, -0.05) is 42.5 Å². The molecule has 0 saturated heterocycles. The molecule has 2 heterocycles. The Labute approximate surface area is 161 Å². The Balaban J connectivity index is 1.53. The lowest BCUT2D eigenvalue weighted by atomic mass is 10.1. The molecule has 2 aromatic heterocycles. The summed E-state index contributed by atoms with van der Waals surface area (Å²) in [5.41, 5.74) is 2.70. The maximum absolute atomic E-state index is 12.2. The van der Waals surface area contributed by atoms with E-state index in [9.17, 15) is 4.79 Å². The third kappa shape index (κ3) is 3.73. The van der Waals surface area contributed by atoms with E-state index in [4.69, 9.17) is 4.74 Å². The van der Waals surface area contributed by atoms with E-state index in [2.05, 4.69) is 20.4 Å². The lowest BCUT2D eigenvalue weighted by Gasteiger charge is -2.02. The predicted molar refractivity (Wildman–Crippen MR) is 107 cm³/mol. The average Bonchev–Trinajstić information content (AvgIpc) is 3.15. The summed E-state index contributed by atoms with van der Waals surface area (Å²) < 4.78 is 6.73. The summed E-state index contributed by atoms with van der Waals surface area (Å²) in [5, 5.41) is 7.04. The average molecular weight is 371 g/mol. The molecule has 1 N–H and O–H groups in total. The summed E-state index contributed by atoms with van der Waals surface area (Å²) in [5.74, 6) is 1.04. The molecule has 0 aliphatic heterocycles. The van der Waals surface area contributed by atoms with E-state index in [1.165, 1.54) is 6.08 Å². The number of hydrogen-bond acceptors (Lipinski definition) is 5. The topological polar surface area (TPSA) is 81.4 Å². The number of aromatic nitrogens is 4. The molecule has 0 radical (unpaired) electrons. The minimum absolute atomic E-state index is 0.195. The highest BCUT2D eigenvalue weighted by Crippen LogP contribution is 2.19. The maximum Gasteiger partial charge on any atom is 0.254 e. The standard InChI is InChI=1S/C21H17N5O2/c1-28-17-10-7-15(8-11-17)9-12-19(27)23-20-24-21-22-14-13-18(26(21)25-20)16-5-3-2-4-6-16/h2-14H,1H3,(H,23,25,27)/b12-9+. The molecule has 7 heteroatoms. The molecule has 0 atom stereocenters. The Kier molecular flexibility index (Phi) is 4.79. The first-order valence-corrected chi connectivity index (χ1v) is 8.63. The van der Waals surface area contributed by atoms with E-state index < -0.39 is 0 Å². The third-order valence-electron chi connectivity index (χ3n) is 4.09. The van der Waals surface area contributed by atoms with E-state index in [0.29, 0.717) is 5.78 Å². The third-order valence-corrected chi connectivity index (χ3v) is 4.09. The van der Waals surface area contributed by atoms with E-state index in [1.807, 2.05) is 60.7 Å². The molecular weight excluding hydrogens is 354 g/mol. The Bertz CT molecular complexity index is 1130. The van der Waals surface area contributed by atoms with Crippen molar-refractivity contribution in [2.24, 2.45) is 0 Å². The van der Waals surface area contributed by atoms with Crippen molar-refractivity contribution in [1.82, 2.24) is 19.6 Å². The van der Waals surface area contributed by atoms with Gasteiger partial charge in [0.25, 0.3) is 17.6 Å². The van der Waals surface area contributed by atoms with Gasteiger partial charge in [-0.05, 0) is 29.8 Å². The summed E-state index contributed by atoms with van der Waals surface area (Å²) >= 11 is 0. The van der Waals surface area contributed by atoms with E-state index >= 15 is 0 Å². The molecule has 4 aromatic rings. The number of anilines is 1. The van der Waals surface area contributed by atoms with Crippen molar-refractivity contribution in [3.05, 3.63) is 78.5 Å². The number of carbonyl (C=O) groups excluding carboxylic acids is 1. The summed E-state index contributed by atoms with van der Waals surface area (Å²) in [4.78, 5) is 20.7. The van der Waals surface area contributed by atoms with Crippen molar-refractivity contribution in [3.63, 3.8) is 0 Å². The molecule has 0 spiro atoms. The van der Waals surface area contributed by atoms with Crippen LogP contribution < -0.4 is 10.1 Å². The van der Waals surface area contributed by atoms with Crippen molar-refractivity contribution in [1.29, 1.82) is 0 Å². The smallest absolute Gasteiger partial charge is 0.254 e. The number of carbonyl (C=O) groups is 1. The largest absolute Gasteiger partial charge is 0.497 e. The van der Waals surface area contributed by atoms with Gasteiger partial charge in [-0.25, -0.2) is 4.98 Å². The fourth-order valence-electron chi connectivity index (χ4n) is 2.71. The van der Waals surface area contributed by atoms with Crippen LogP contribution in [0.15, 0.2) is 72.9 Å². The number of hydrogen-bond donors (Lipinski definition) is 1. The maximum atomic E-state index is 12.2. The van der Waals surface area contributed by atoms with Gasteiger partial charge in [-0.15, -0.1) is 5.10 Å². The van der Waals surface area contributed by atoms with E-state index in [0.717, 1.165) is 22.6 Å². The molecule has 2 aromatic carbocycles. The van der Waals surface area contributed by atoms with Crippen LogP contribution in [0, 0.1) is 0 Å². The summed E-state index contributed by atoms with van der Waals surface area (Å²) in [6.07, 6.45) is 4.80. The number of rotatable bonds is 5. The molecule has 28 heavy (non-hydrogen) atoms. The highest BCUT2D eigenvalue weighted by molar-refractivity contribution is 6.01. The van der Waals surface area contributed by atoms with Crippen LogP contribution >= 0.6 is 0 Å². The summed E-state index contributed by atoms with van der Waals surface area (Å²) in [7, 11) is 1.61. The second-order valence-corrected chi connectivity index (χ2v) is 5.94. The number of nitrogens with zero attached hydrogens (tertiary/aromatic N) is 4. The first-order chi connectivity index (χ1) is 13.7. The zero-order chi connectivity index (χ0) is 19.3. The summed E-state index contributed by atoms with van der Waals surface area (Å²) in [6, 6.07) is 19.0. The van der Waals surface area contributed by atoms with Crippen LogP contribution in [0.1, 0.15) is 5.56 Å². The van der Waals surface area contributed by atoms with Gasteiger partial charge >= 0.3 is 0 Å². The number of amides is 1. The fourth-order valence-corrected chi connectivity index (χ4v) is 2.71. The highest BCUT2D eigenvalue weighted by atomic mass is 16.5. The number of ether oxygens (including phenoxy) is 1. The van der Waals surface area contributed by atoms with Crippen molar-refractivity contribution < 1.29 is 9.53 Å². The molecule has 0 aliphatic rings. The van der Waals surface area contributed by atoms with Crippen LogP contribution in [0.25, 0.3) is 23.1 Å². The van der Waals surface area contributed by atoms with Crippen LogP contribution in [0.2, 0.25) is 0 Å². The monoisotopic (exact) mass is 371 g/mol. The first-order valence-electron chi connectivity index (χ1n) is 8.63. The van der Waals surface area contributed by atoms with Crippen molar-refractivity contribution in [2.45, 2.75) is 0 Å². The number of benzene rings is 2. The van der Waals surface area contributed by atoms with Crippen LogP contribution in [-0.4, -0.2) is 32.6 Å². The highest BCUT2D eigenvalue weighted by Gasteiger charge is 2.10. The molecule has 138 valence electrons. The van der Waals surface area contributed by atoms with Gasteiger partial charge in [-0.2, -0.15) is 9.50 Å². The van der Waals surface area contributed by atoms with Gasteiger partial charge in [0, 0.05) is 17.8 Å². The van der Waals surface area contributed by atoms with Gasteiger partial charge in [0.05, 0.1) is 12.8 Å². The van der Waals surface area contributed by atoms with Crippen molar-refractivity contribution in [3.8, 4) is 17.0 Å². The van der Waals surface area contributed by atoms with Crippen LogP contribution in [0.5, 0.6) is 5.75 Å². The summed E-state index contributed by atoms with van der Waals surface area (Å²) in [6.45, 7) is 0. The Hall–Kier alpha value is -4.00. The van der Waals surface area contributed by atoms with Crippen molar-refractivity contribution in [2.75, 3.05) is 12.4 Å². The lowest BCUT2D eigenvalue weighted by Crippen LogP contribution is -2.09. The van der Waals surface area contributed by atoms with Crippen molar-refractivity contribution >= 4 is 23.7 Å². The predicted octanol–water partition coefficient (Wildman–Crippen LogP) is 3.45. The molecule has 0 aliphatic carbocycles. The van der Waals surface area contributed by atoms with Gasteiger partial charge < -0.3 is 4.74 Å². The van der Waals surface area contributed by atoms with Crippen LogP contribution in [0.3, 0.4) is 0 Å². The van der Waals surface area contributed by atoms with Gasteiger partial charge in [-0.3, -0.25) is 10.1 Å². The van der Waals surface area contributed by atoms with Crippen LogP contribution in [-0.2, 0) is 4.79 Å². The normalized spacial score (nSPS) is 11.0. The zero-order valence-corrected chi connectivity index (χ0v) is 15.1. The minimum Gasteiger partial charge on any atom is -0.497 e. The van der Waals surface area contributed by atoms with E-state index in [1.54, 1.807) is 23.9 Å². The molecular formula is C21H17N5O2. The fraction of sp³-hybridized carbons (Fsp3) is 0.0476. The second kappa shape index (κ2) is 7.71. The molecule has 4 rings (SSSR count). The second-order valence-electron chi connectivity index (χ2n) is 5.94. The Morgan fingerprint density at radius 1 is 1.07 bits per heavy atom. The lowest BCUT2D eigenvalue weighted by molar-refractivity contribution is -0.111. The van der Waals surface area contributed by atoms with Gasteiger partial charge in [0.1, 0.15) is 5.75 Å². The number of nitrogens with one attached hydrogen (secondary N) is 1. The zero-order valence-electron chi connectivity index (χ0n) is 15.1. The quantitative estimate of drug-likeness (QED) is 0.544. The molecule has 0 unspecified atom stereocenters. The Morgan fingerprint density at radius 3 is 2.61 bits per heavy atom. The molecule has 0 saturated carbocycles. The van der Waals surface area contributed by atoms with E-state index in [-0.39, 0.29) is 11.9 Å². The minimum atomic E-state index is -0.326. The Morgan fingerprint density at radius 2 is 1.86 bits per heavy atom. The number of fused-ring (bicyclic) bond motifs is 1. The first kappa shape index (κ1) is 17.4. The number of methoxy groups -OCH3 is 1. The van der Waals surface area contributed by atoms with Gasteiger partial charge in [0.2, 0.25) is 0 Å².